The van der Waals surface area contributed by atoms with Gasteiger partial charge >= 0.3 is 11.9 Å². The molecular weight excluding hydrogens is 388 g/mol. The van der Waals surface area contributed by atoms with Crippen molar-refractivity contribution >= 4 is 11.9 Å². The van der Waals surface area contributed by atoms with Gasteiger partial charge in [-0.1, -0.05) is 19.4 Å². The highest BCUT2D eigenvalue weighted by atomic mass is 16.6. The van der Waals surface area contributed by atoms with Crippen LogP contribution in [0.2, 0.25) is 0 Å². The van der Waals surface area contributed by atoms with E-state index in [0.717, 1.165) is 29.5 Å². The fourth-order valence-corrected chi connectivity index (χ4v) is 3.26. The molecule has 7 nitrogen and oxygen atoms in total. The van der Waals surface area contributed by atoms with Crippen LogP contribution in [0.3, 0.4) is 0 Å². The summed E-state index contributed by atoms with van der Waals surface area (Å²) < 4.78 is 27.2. The largest absolute Gasteiger partial charge is 0.493 e. The maximum atomic E-state index is 11.7. The number of carbonyl (C=O) groups excluding carboxylic acids is 2. The Morgan fingerprint density at radius 2 is 1.83 bits per heavy atom. The van der Waals surface area contributed by atoms with Crippen LogP contribution in [-0.2, 0) is 20.9 Å². The number of unbranched alkanes of at least 4 members (excludes halogenated alkanes) is 1. The molecule has 1 aliphatic rings. The van der Waals surface area contributed by atoms with Crippen molar-refractivity contribution in [3.63, 3.8) is 0 Å². The summed E-state index contributed by atoms with van der Waals surface area (Å²) in [5.41, 5.74) is 3.01. The fraction of sp³-hybridized carbons (Fsp3) is 0.391. The fourth-order valence-electron chi connectivity index (χ4n) is 3.26. The topological polar surface area (TPSA) is 80.3 Å². The summed E-state index contributed by atoms with van der Waals surface area (Å²) >= 11 is 0. The van der Waals surface area contributed by atoms with Crippen LogP contribution in [0.15, 0.2) is 30.3 Å². The average molecular weight is 414 g/mol. The van der Waals surface area contributed by atoms with E-state index in [1.54, 1.807) is 19.2 Å². The second-order valence-corrected chi connectivity index (χ2v) is 6.80. The first-order valence-corrected chi connectivity index (χ1v) is 9.92. The van der Waals surface area contributed by atoms with Gasteiger partial charge in [0.05, 0.1) is 19.8 Å². The Kier molecular flexibility index (Phi) is 7.17. The Labute approximate surface area is 175 Å². The third-order valence-corrected chi connectivity index (χ3v) is 4.82. The zero-order valence-corrected chi connectivity index (χ0v) is 17.5. The molecule has 0 atom stereocenters. The first-order valence-electron chi connectivity index (χ1n) is 9.92. The van der Waals surface area contributed by atoms with E-state index < -0.39 is 0 Å². The number of benzene rings is 2. The van der Waals surface area contributed by atoms with Crippen LogP contribution in [0.25, 0.3) is 11.1 Å². The Hall–Kier alpha value is -3.22. The van der Waals surface area contributed by atoms with Crippen molar-refractivity contribution in [2.45, 2.75) is 32.8 Å². The Balaban J connectivity index is 1.83. The van der Waals surface area contributed by atoms with Crippen molar-refractivity contribution in [3.8, 4) is 28.4 Å². The molecule has 160 valence electrons. The summed E-state index contributed by atoms with van der Waals surface area (Å²) in [6.07, 6.45) is 2.14. The monoisotopic (exact) mass is 414 g/mol. The molecule has 0 amide bonds. The molecule has 0 unspecified atom stereocenters. The van der Waals surface area contributed by atoms with E-state index in [1.165, 1.54) is 7.11 Å². The standard InChI is InChI=1S/C23H26O7/c1-4-5-6-20(24)28-11-12-29-21-17(9-10-19(26-2)22(21)27-3)15-7-8-18-16(13-15)14-30-23(18)25/h7-10,13H,4-6,11-12,14H2,1-3H3. The third kappa shape index (κ3) is 4.67. The Morgan fingerprint density at radius 1 is 1.03 bits per heavy atom. The molecule has 7 heteroatoms. The molecule has 30 heavy (non-hydrogen) atoms. The third-order valence-electron chi connectivity index (χ3n) is 4.82. The summed E-state index contributed by atoms with van der Waals surface area (Å²) in [6, 6.07) is 9.14. The molecule has 2 aromatic carbocycles. The van der Waals surface area contributed by atoms with Gasteiger partial charge < -0.3 is 23.7 Å². The van der Waals surface area contributed by atoms with Crippen LogP contribution in [0.5, 0.6) is 17.2 Å². The van der Waals surface area contributed by atoms with E-state index in [-0.39, 0.29) is 31.8 Å². The van der Waals surface area contributed by atoms with Crippen molar-refractivity contribution in [3.05, 3.63) is 41.5 Å². The van der Waals surface area contributed by atoms with Crippen molar-refractivity contribution in [2.24, 2.45) is 0 Å². The van der Waals surface area contributed by atoms with Gasteiger partial charge in [0.1, 0.15) is 19.8 Å². The number of carbonyl (C=O) groups is 2. The lowest BCUT2D eigenvalue weighted by Gasteiger charge is -2.18. The highest BCUT2D eigenvalue weighted by molar-refractivity contribution is 5.94. The molecule has 0 N–H and O–H groups in total. The molecule has 2 aromatic rings. The van der Waals surface area contributed by atoms with E-state index in [2.05, 4.69) is 0 Å². The smallest absolute Gasteiger partial charge is 0.338 e. The van der Waals surface area contributed by atoms with Crippen LogP contribution in [0, 0.1) is 0 Å². The Morgan fingerprint density at radius 3 is 2.57 bits per heavy atom. The maximum Gasteiger partial charge on any atom is 0.338 e. The van der Waals surface area contributed by atoms with Gasteiger partial charge in [-0.25, -0.2) is 4.79 Å². The normalized spacial score (nSPS) is 12.2. The van der Waals surface area contributed by atoms with E-state index >= 15 is 0 Å². The predicted octanol–water partition coefficient (Wildman–Crippen LogP) is 4.15. The molecular formula is C23H26O7. The Bertz CT molecular complexity index is 920. The quantitative estimate of drug-likeness (QED) is 0.427. The van der Waals surface area contributed by atoms with Gasteiger partial charge in [-0.15, -0.1) is 0 Å². The van der Waals surface area contributed by atoms with Gasteiger partial charge in [0, 0.05) is 17.5 Å². The second-order valence-electron chi connectivity index (χ2n) is 6.80. The lowest BCUT2D eigenvalue weighted by atomic mass is 9.99. The number of methoxy groups -OCH3 is 2. The SMILES string of the molecule is CCCCC(=O)OCCOc1c(-c2ccc3c(c2)COC3=O)ccc(OC)c1OC. The minimum absolute atomic E-state index is 0.134. The molecule has 3 rings (SSSR count). The van der Waals surface area contributed by atoms with E-state index in [4.69, 9.17) is 23.7 Å². The lowest BCUT2D eigenvalue weighted by Crippen LogP contribution is -2.12. The van der Waals surface area contributed by atoms with Crippen LogP contribution in [0.1, 0.15) is 42.1 Å². The summed E-state index contributed by atoms with van der Waals surface area (Å²) in [6.45, 7) is 2.57. The van der Waals surface area contributed by atoms with Crippen LogP contribution < -0.4 is 14.2 Å². The molecule has 1 aliphatic heterocycles. The van der Waals surface area contributed by atoms with Gasteiger partial charge in [0.2, 0.25) is 5.75 Å². The van der Waals surface area contributed by atoms with Crippen molar-refractivity contribution in [1.29, 1.82) is 0 Å². The number of cyclic esters (lactones) is 1. The zero-order valence-electron chi connectivity index (χ0n) is 17.5. The number of esters is 2. The van der Waals surface area contributed by atoms with Gasteiger partial charge in [-0.05, 0) is 36.2 Å². The molecule has 0 radical (unpaired) electrons. The summed E-state index contributed by atoms with van der Waals surface area (Å²) in [4.78, 5) is 23.4. The van der Waals surface area contributed by atoms with Crippen LogP contribution in [0.4, 0.5) is 0 Å². The minimum atomic E-state index is -0.315. The summed E-state index contributed by atoms with van der Waals surface area (Å²) in [7, 11) is 3.09. The van der Waals surface area contributed by atoms with Crippen molar-refractivity contribution in [1.82, 2.24) is 0 Å². The van der Waals surface area contributed by atoms with E-state index in [1.807, 2.05) is 25.1 Å². The zero-order chi connectivity index (χ0) is 21.5. The van der Waals surface area contributed by atoms with Crippen molar-refractivity contribution in [2.75, 3.05) is 27.4 Å². The van der Waals surface area contributed by atoms with Gasteiger partial charge in [0.15, 0.2) is 11.5 Å². The number of hydrogen-bond acceptors (Lipinski definition) is 7. The maximum absolute atomic E-state index is 11.7. The lowest BCUT2D eigenvalue weighted by molar-refractivity contribution is -0.144. The molecule has 0 bridgehead atoms. The second kappa shape index (κ2) is 10.0. The summed E-state index contributed by atoms with van der Waals surface area (Å²) in [5.74, 6) is 0.898. The van der Waals surface area contributed by atoms with E-state index in [9.17, 15) is 9.59 Å². The first kappa shape index (κ1) is 21.5. The predicted molar refractivity (Wildman–Crippen MR) is 110 cm³/mol. The first-order chi connectivity index (χ1) is 14.6. The number of rotatable bonds is 10. The van der Waals surface area contributed by atoms with Crippen LogP contribution in [-0.4, -0.2) is 39.4 Å². The van der Waals surface area contributed by atoms with E-state index in [0.29, 0.717) is 29.2 Å². The number of fused-ring (bicyclic) bond motifs is 1. The van der Waals surface area contributed by atoms with Crippen LogP contribution >= 0.6 is 0 Å². The molecule has 0 fully saturated rings. The molecule has 0 spiro atoms. The van der Waals surface area contributed by atoms with Gasteiger partial charge in [-0.2, -0.15) is 0 Å². The molecule has 0 aromatic heterocycles. The van der Waals surface area contributed by atoms with Gasteiger partial charge in [0.25, 0.3) is 0 Å². The highest BCUT2D eigenvalue weighted by Crippen LogP contribution is 2.45. The number of ether oxygens (including phenoxy) is 5. The molecule has 1 heterocycles. The van der Waals surface area contributed by atoms with Crippen molar-refractivity contribution < 1.29 is 33.3 Å². The summed E-state index contributed by atoms with van der Waals surface area (Å²) in [5, 5.41) is 0. The van der Waals surface area contributed by atoms with Gasteiger partial charge in [-0.3, -0.25) is 4.79 Å². The highest BCUT2D eigenvalue weighted by Gasteiger charge is 2.23. The molecule has 0 aliphatic carbocycles. The number of hydrogen-bond donors (Lipinski definition) is 0. The average Bonchev–Trinajstić information content (AvgIpc) is 3.14. The molecule has 0 saturated carbocycles. The minimum Gasteiger partial charge on any atom is -0.493 e. The molecule has 0 saturated heterocycles.